The SMILES string of the molecule is c1csc(C(c2cc3ccccc3s2)c2nc3ccccc3s2)c1. The number of nitrogens with zero attached hydrogens (tertiary/aromatic N) is 1. The van der Waals surface area contributed by atoms with Gasteiger partial charge in [-0.2, -0.15) is 0 Å². The molecule has 0 bridgehead atoms. The van der Waals surface area contributed by atoms with Crippen LogP contribution in [0.2, 0.25) is 0 Å². The van der Waals surface area contributed by atoms with Crippen LogP contribution in [0.1, 0.15) is 20.7 Å². The Bertz CT molecular complexity index is 978. The van der Waals surface area contributed by atoms with Crippen molar-refractivity contribution >= 4 is 54.3 Å². The molecule has 5 aromatic rings. The highest BCUT2D eigenvalue weighted by molar-refractivity contribution is 7.20. The fraction of sp³-hybridized carbons (Fsp3) is 0.0500. The average Bonchev–Trinajstić information content (AvgIpc) is 3.34. The van der Waals surface area contributed by atoms with E-state index in [1.165, 1.54) is 29.5 Å². The molecule has 1 nitrogen and oxygen atoms in total. The molecule has 3 heterocycles. The Morgan fingerprint density at radius 3 is 2.38 bits per heavy atom. The summed E-state index contributed by atoms with van der Waals surface area (Å²) < 4.78 is 2.60. The maximum absolute atomic E-state index is 4.95. The number of rotatable bonds is 3. The molecule has 0 saturated heterocycles. The normalized spacial score (nSPS) is 12.8. The van der Waals surface area contributed by atoms with Gasteiger partial charge in [-0.1, -0.05) is 36.4 Å². The fourth-order valence-corrected chi connectivity index (χ4v) is 6.36. The molecule has 0 amide bonds. The summed E-state index contributed by atoms with van der Waals surface area (Å²) in [5.41, 5.74) is 1.10. The van der Waals surface area contributed by atoms with E-state index in [2.05, 4.69) is 72.1 Å². The fourth-order valence-electron chi connectivity index (χ4n) is 3.00. The minimum Gasteiger partial charge on any atom is -0.240 e. The second-order valence-electron chi connectivity index (χ2n) is 5.65. The Balaban J connectivity index is 1.72. The zero-order valence-electron chi connectivity index (χ0n) is 12.7. The molecule has 1 atom stereocenters. The topological polar surface area (TPSA) is 12.9 Å². The lowest BCUT2D eigenvalue weighted by molar-refractivity contribution is 1.02. The molecule has 0 spiro atoms. The third-order valence-corrected chi connectivity index (χ3v) is 7.33. The summed E-state index contributed by atoms with van der Waals surface area (Å²) in [6, 6.07) is 23.7. The first-order valence-electron chi connectivity index (χ1n) is 7.76. The van der Waals surface area contributed by atoms with Crippen LogP contribution in [0.15, 0.2) is 72.1 Å². The largest absolute Gasteiger partial charge is 0.240 e. The molecular formula is C20H13NS3. The first kappa shape index (κ1) is 14.3. The van der Waals surface area contributed by atoms with Crippen LogP contribution in [-0.4, -0.2) is 4.98 Å². The molecule has 0 saturated carbocycles. The number of thiophene rings is 2. The molecule has 0 aliphatic carbocycles. The molecule has 0 N–H and O–H groups in total. The Morgan fingerprint density at radius 1 is 0.750 bits per heavy atom. The predicted octanol–water partition coefficient (Wildman–Crippen LogP) is 6.75. The summed E-state index contributed by atoms with van der Waals surface area (Å²) in [4.78, 5) is 7.68. The van der Waals surface area contributed by atoms with E-state index in [-0.39, 0.29) is 5.92 Å². The monoisotopic (exact) mass is 363 g/mol. The van der Waals surface area contributed by atoms with E-state index in [1.54, 1.807) is 0 Å². The second kappa shape index (κ2) is 5.81. The predicted molar refractivity (Wildman–Crippen MR) is 107 cm³/mol. The molecule has 3 aromatic heterocycles. The van der Waals surface area contributed by atoms with Crippen LogP contribution in [0, 0.1) is 0 Å². The lowest BCUT2D eigenvalue weighted by atomic mass is 10.1. The maximum atomic E-state index is 4.95. The number of para-hydroxylation sites is 1. The van der Waals surface area contributed by atoms with Crippen LogP contribution in [0.25, 0.3) is 20.3 Å². The molecule has 0 radical (unpaired) electrons. The second-order valence-corrected chi connectivity index (χ2v) is 8.81. The van der Waals surface area contributed by atoms with Gasteiger partial charge in [-0.25, -0.2) is 4.98 Å². The molecule has 0 fully saturated rings. The zero-order chi connectivity index (χ0) is 15.9. The summed E-state index contributed by atoms with van der Waals surface area (Å²) in [6.07, 6.45) is 0. The van der Waals surface area contributed by atoms with Crippen LogP contribution in [0.3, 0.4) is 0 Å². The summed E-state index contributed by atoms with van der Waals surface area (Å²) in [5, 5.41) is 4.66. The number of fused-ring (bicyclic) bond motifs is 2. The standard InChI is InChI=1S/C20H13NS3/c1-3-8-15-13(6-1)12-18(23-15)19(17-10-5-11-22-17)20-21-14-7-2-4-9-16(14)24-20/h1-12,19H. The first-order valence-corrected chi connectivity index (χ1v) is 10.3. The third kappa shape index (κ3) is 2.38. The van der Waals surface area contributed by atoms with Crippen LogP contribution >= 0.6 is 34.0 Å². The number of hydrogen-bond acceptors (Lipinski definition) is 4. The lowest BCUT2D eigenvalue weighted by Crippen LogP contribution is -1.98. The Morgan fingerprint density at radius 2 is 1.58 bits per heavy atom. The van der Waals surface area contributed by atoms with E-state index >= 15 is 0 Å². The lowest BCUT2D eigenvalue weighted by Gasteiger charge is -2.10. The third-order valence-electron chi connectivity index (χ3n) is 4.11. The number of hydrogen-bond donors (Lipinski definition) is 0. The van der Waals surface area contributed by atoms with Crippen molar-refractivity contribution in [1.82, 2.24) is 4.98 Å². The summed E-state index contributed by atoms with van der Waals surface area (Å²) in [6.45, 7) is 0. The molecule has 4 heteroatoms. The Hall–Kier alpha value is -2.01. The molecule has 1 unspecified atom stereocenters. The van der Waals surface area contributed by atoms with Gasteiger partial charge in [0.15, 0.2) is 0 Å². The number of benzene rings is 2. The summed E-state index contributed by atoms with van der Waals surface area (Å²) in [7, 11) is 0. The van der Waals surface area contributed by atoms with Crippen LogP contribution in [-0.2, 0) is 0 Å². The highest BCUT2D eigenvalue weighted by Gasteiger charge is 2.23. The van der Waals surface area contributed by atoms with Gasteiger partial charge in [-0.3, -0.25) is 0 Å². The summed E-state index contributed by atoms with van der Waals surface area (Å²) in [5.74, 6) is 0.236. The van der Waals surface area contributed by atoms with E-state index in [0.29, 0.717) is 0 Å². The van der Waals surface area contributed by atoms with Gasteiger partial charge in [0.05, 0.1) is 16.1 Å². The highest BCUT2D eigenvalue weighted by atomic mass is 32.1. The van der Waals surface area contributed by atoms with Crippen molar-refractivity contribution in [3.05, 3.63) is 86.9 Å². The minimum atomic E-state index is 0.236. The molecule has 0 aliphatic rings. The van der Waals surface area contributed by atoms with Gasteiger partial charge in [-0.05, 0) is 41.1 Å². The molecular weight excluding hydrogens is 350 g/mol. The van der Waals surface area contributed by atoms with E-state index < -0.39 is 0 Å². The molecule has 0 aliphatic heterocycles. The van der Waals surface area contributed by atoms with E-state index in [1.807, 2.05) is 34.0 Å². The van der Waals surface area contributed by atoms with Crippen molar-refractivity contribution in [1.29, 1.82) is 0 Å². The average molecular weight is 364 g/mol. The Labute approximate surface area is 151 Å². The molecule has 116 valence electrons. The van der Waals surface area contributed by atoms with Gasteiger partial charge in [0.1, 0.15) is 5.01 Å². The quantitative estimate of drug-likeness (QED) is 0.345. The highest BCUT2D eigenvalue weighted by Crippen LogP contribution is 2.42. The van der Waals surface area contributed by atoms with Gasteiger partial charge in [0.25, 0.3) is 0 Å². The number of thiazole rings is 1. The molecule has 24 heavy (non-hydrogen) atoms. The van der Waals surface area contributed by atoms with Crippen LogP contribution in [0.4, 0.5) is 0 Å². The van der Waals surface area contributed by atoms with Crippen molar-refractivity contribution in [2.45, 2.75) is 5.92 Å². The van der Waals surface area contributed by atoms with Crippen molar-refractivity contribution < 1.29 is 0 Å². The van der Waals surface area contributed by atoms with E-state index in [4.69, 9.17) is 4.98 Å². The van der Waals surface area contributed by atoms with Crippen molar-refractivity contribution in [2.75, 3.05) is 0 Å². The summed E-state index contributed by atoms with van der Waals surface area (Å²) >= 11 is 5.51. The van der Waals surface area contributed by atoms with E-state index in [0.717, 1.165) is 5.52 Å². The first-order chi connectivity index (χ1) is 11.9. The Kier molecular flexibility index (Phi) is 3.47. The van der Waals surface area contributed by atoms with Crippen LogP contribution in [0.5, 0.6) is 0 Å². The number of aromatic nitrogens is 1. The smallest absolute Gasteiger partial charge is 0.107 e. The maximum Gasteiger partial charge on any atom is 0.107 e. The molecule has 5 rings (SSSR count). The zero-order valence-corrected chi connectivity index (χ0v) is 15.1. The minimum absolute atomic E-state index is 0.236. The van der Waals surface area contributed by atoms with Crippen molar-refractivity contribution in [2.24, 2.45) is 0 Å². The molecule has 2 aromatic carbocycles. The van der Waals surface area contributed by atoms with Crippen molar-refractivity contribution in [3.8, 4) is 0 Å². The van der Waals surface area contributed by atoms with Gasteiger partial charge in [0.2, 0.25) is 0 Å². The van der Waals surface area contributed by atoms with Crippen molar-refractivity contribution in [3.63, 3.8) is 0 Å². The van der Waals surface area contributed by atoms with Gasteiger partial charge >= 0.3 is 0 Å². The van der Waals surface area contributed by atoms with Gasteiger partial charge in [-0.15, -0.1) is 34.0 Å². The van der Waals surface area contributed by atoms with Crippen LogP contribution < -0.4 is 0 Å². The van der Waals surface area contributed by atoms with Gasteiger partial charge < -0.3 is 0 Å². The van der Waals surface area contributed by atoms with E-state index in [9.17, 15) is 0 Å². The van der Waals surface area contributed by atoms with Gasteiger partial charge in [0, 0.05) is 14.5 Å².